The molecule has 0 bridgehead atoms. The maximum Gasteiger partial charge on any atom is 0.0986 e. The van der Waals surface area contributed by atoms with E-state index in [1.807, 2.05) is 37.9 Å². The molecule has 0 heterocycles. The van der Waals surface area contributed by atoms with Crippen LogP contribution < -0.4 is 0 Å². The zero-order chi connectivity index (χ0) is 8.31. The molecular formula is C7H15BN2. The van der Waals surface area contributed by atoms with Crippen molar-refractivity contribution in [1.82, 2.24) is 9.80 Å². The first-order valence-corrected chi connectivity index (χ1v) is 3.31. The third kappa shape index (κ3) is 2.34. The van der Waals surface area contributed by atoms with Crippen molar-refractivity contribution >= 4 is 7.85 Å². The summed E-state index contributed by atoms with van der Waals surface area (Å²) in [6, 6.07) is 0. The van der Waals surface area contributed by atoms with E-state index in [9.17, 15) is 0 Å². The van der Waals surface area contributed by atoms with Crippen molar-refractivity contribution in [3.63, 3.8) is 0 Å². The minimum Gasteiger partial charge on any atom is -0.368 e. The Hall–Kier alpha value is -0.595. The van der Waals surface area contributed by atoms with Gasteiger partial charge in [0.2, 0.25) is 0 Å². The molecule has 2 radical (unpaired) electrons. The summed E-state index contributed by atoms with van der Waals surface area (Å²) < 4.78 is 0. The SMILES string of the molecule is [B]C(C)N(C)C(=C)N(C)C. The molecule has 0 aliphatic carbocycles. The highest BCUT2D eigenvalue weighted by Crippen LogP contribution is 2.03. The van der Waals surface area contributed by atoms with Crippen LogP contribution in [0.3, 0.4) is 0 Å². The van der Waals surface area contributed by atoms with Gasteiger partial charge in [0.15, 0.2) is 0 Å². The summed E-state index contributed by atoms with van der Waals surface area (Å²) in [6.45, 7) is 5.77. The van der Waals surface area contributed by atoms with Gasteiger partial charge in [0.05, 0.1) is 13.7 Å². The molecule has 0 N–H and O–H groups in total. The molecule has 2 nitrogen and oxygen atoms in total. The van der Waals surface area contributed by atoms with E-state index in [-0.39, 0.29) is 5.94 Å². The molecule has 0 amide bonds. The van der Waals surface area contributed by atoms with Gasteiger partial charge in [0.25, 0.3) is 0 Å². The summed E-state index contributed by atoms with van der Waals surface area (Å²) in [4.78, 5) is 3.85. The van der Waals surface area contributed by atoms with Gasteiger partial charge in [0.1, 0.15) is 0 Å². The van der Waals surface area contributed by atoms with Crippen molar-refractivity contribution in [3.8, 4) is 0 Å². The summed E-state index contributed by atoms with van der Waals surface area (Å²) in [5.41, 5.74) is 0. The third-order valence-electron chi connectivity index (χ3n) is 1.53. The topological polar surface area (TPSA) is 6.48 Å². The molecule has 1 atom stereocenters. The Labute approximate surface area is 64.9 Å². The lowest BCUT2D eigenvalue weighted by Crippen LogP contribution is -2.34. The average molecular weight is 138 g/mol. The summed E-state index contributed by atoms with van der Waals surface area (Å²) >= 11 is 0. The summed E-state index contributed by atoms with van der Waals surface area (Å²) in [6.07, 6.45) is 0. The van der Waals surface area contributed by atoms with Gasteiger partial charge in [0, 0.05) is 21.1 Å². The van der Waals surface area contributed by atoms with Crippen LogP contribution in [0.2, 0.25) is 0 Å². The largest absolute Gasteiger partial charge is 0.368 e. The van der Waals surface area contributed by atoms with Crippen molar-refractivity contribution in [2.24, 2.45) is 0 Å². The van der Waals surface area contributed by atoms with Crippen LogP contribution in [0, 0.1) is 0 Å². The second-order valence-corrected chi connectivity index (χ2v) is 2.66. The standard InChI is InChI=1S/C7H15BN2/c1-6(8)10(5)7(2)9(3)4/h6H,2H2,1,3-5H3. The van der Waals surface area contributed by atoms with E-state index in [4.69, 9.17) is 7.85 Å². The highest BCUT2D eigenvalue weighted by atomic mass is 15.3. The number of rotatable bonds is 3. The van der Waals surface area contributed by atoms with Crippen molar-refractivity contribution in [2.45, 2.75) is 12.9 Å². The summed E-state index contributed by atoms with van der Waals surface area (Å²) in [5, 5.41) is 0. The van der Waals surface area contributed by atoms with Crippen LogP contribution in [0.1, 0.15) is 6.92 Å². The quantitative estimate of drug-likeness (QED) is 0.523. The highest BCUT2D eigenvalue weighted by molar-refractivity contribution is 6.11. The number of nitrogens with zero attached hydrogens (tertiary/aromatic N) is 2. The van der Waals surface area contributed by atoms with Crippen LogP contribution in [0.4, 0.5) is 0 Å². The van der Waals surface area contributed by atoms with Gasteiger partial charge < -0.3 is 9.80 Å². The third-order valence-corrected chi connectivity index (χ3v) is 1.53. The van der Waals surface area contributed by atoms with E-state index in [1.54, 1.807) is 0 Å². The lowest BCUT2D eigenvalue weighted by molar-refractivity contribution is 0.293. The predicted molar refractivity (Wildman–Crippen MR) is 45.8 cm³/mol. The van der Waals surface area contributed by atoms with Crippen LogP contribution in [-0.4, -0.2) is 44.7 Å². The second kappa shape index (κ2) is 3.54. The molecule has 1 unspecified atom stereocenters. The zero-order valence-corrected chi connectivity index (χ0v) is 7.26. The minimum absolute atomic E-state index is 0.0231. The normalized spacial score (nSPS) is 12.4. The molecule has 0 aromatic heterocycles. The van der Waals surface area contributed by atoms with E-state index in [1.165, 1.54) is 0 Å². The first-order chi connectivity index (χ1) is 4.46. The molecule has 0 saturated carbocycles. The number of hydrogen-bond donors (Lipinski definition) is 0. The van der Waals surface area contributed by atoms with Gasteiger partial charge in [-0.15, -0.1) is 0 Å². The van der Waals surface area contributed by atoms with Crippen molar-refractivity contribution in [1.29, 1.82) is 0 Å². The maximum atomic E-state index is 5.61. The molecule has 0 aromatic rings. The van der Waals surface area contributed by atoms with E-state index in [0.29, 0.717) is 0 Å². The molecule has 0 fully saturated rings. The fraction of sp³-hybridized carbons (Fsp3) is 0.714. The monoisotopic (exact) mass is 138 g/mol. The van der Waals surface area contributed by atoms with Gasteiger partial charge in [-0.2, -0.15) is 0 Å². The van der Waals surface area contributed by atoms with Crippen molar-refractivity contribution in [3.05, 3.63) is 12.4 Å². The van der Waals surface area contributed by atoms with Crippen LogP contribution in [0.25, 0.3) is 0 Å². The fourth-order valence-electron chi connectivity index (χ4n) is 0.551. The predicted octanol–water partition coefficient (Wildman–Crippen LogP) is 0.466. The Balaban J connectivity index is 3.95. The van der Waals surface area contributed by atoms with Gasteiger partial charge in [-0.05, 0) is 5.94 Å². The van der Waals surface area contributed by atoms with Gasteiger partial charge in [-0.25, -0.2) is 0 Å². The molecule has 0 aliphatic rings. The Kier molecular flexibility index (Phi) is 3.33. The van der Waals surface area contributed by atoms with E-state index < -0.39 is 0 Å². The maximum absolute atomic E-state index is 5.61. The number of hydrogen-bond acceptors (Lipinski definition) is 2. The fourth-order valence-corrected chi connectivity index (χ4v) is 0.551. The summed E-state index contributed by atoms with van der Waals surface area (Å²) in [5.74, 6) is 0.949. The van der Waals surface area contributed by atoms with Crippen molar-refractivity contribution < 1.29 is 0 Å². The van der Waals surface area contributed by atoms with E-state index in [2.05, 4.69) is 6.58 Å². The molecule has 3 heteroatoms. The van der Waals surface area contributed by atoms with Crippen LogP contribution in [0.15, 0.2) is 12.4 Å². The lowest BCUT2D eigenvalue weighted by atomic mass is 9.98. The first-order valence-electron chi connectivity index (χ1n) is 3.31. The average Bonchev–Trinajstić information content (AvgIpc) is 1.84. The van der Waals surface area contributed by atoms with Crippen LogP contribution in [0.5, 0.6) is 0 Å². The molecule has 10 heavy (non-hydrogen) atoms. The zero-order valence-electron chi connectivity index (χ0n) is 7.26. The summed E-state index contributed by atoms with van der Waals surface area (Å²) in [7, 11) is 11.4. The molecule has 0 aromatic carbocycles. The van der Waals surface area contributed by atoms with Gasteiger partial charge in [-0.1, -0.05) is 13.5 Å². The Morgan fingerprint density at radius 2 is 1.80 bits per heavy atom. The van der Waals surface area contributed by atoms with Gasteiger partial charge in [-0.3, -0.25) is 0 Å². The van der Waals surface area contributed by atoms with Gasteiger partial charge >= 0.3 is 0 Å². The first kappa shape index (κ1) is 9.40. The van der Waals surface area contributed by atoms with Crippen LogP contribution >= 0.6 is 0 Å². The molecular weight excluding hydrogens is 123 g/mol. The Morgan fingerprint density at radius 3 is 1.90 bits per heavy atom. The second-order valence-electron chi connectivity index (χ2n) is 2.66. The smallest absolute Gasteiger partial charge is 0.0986 e. The lowest BCUT2D eigenvalue weighted by Gasteiger charge is -2.30. The van der Waals surface area contributed by atoms with E-state index >= 15 is 0 Å². The van der Waals surface area contributed by atoms with Crippen molar-refractivity contribution in [2.75, 3.05) is 21.1 Å². The molecule has 0 saturated heterocycles. The Morgan fingerprint density at radius 1 is 1.40 bits per heavy atom. The molecule has 0 aliphatic heterocycles. The van der Waals surface area contributed by atoms with Crippen LogP contribution in [-0.2, 0) is 0 Å². The molecule has 0 spiro atoms. The molecule has 56 valence electrons. The Bertz CT molecular complexity index is 121. The molecule has 0 rings (SSSR count). The highest BCUT2D eigenvalue weighted by Gasteiger charge is 2.05. The minimum atomic E-state index is 0.0231. The van der Waals surface area contributed by atoms with E-state index in [0.717, 1.165) is 5.82 Å².